The summed E-state index contributed by atoms with van der Waals surface area (Å²) in [6.45, 7) is 4.72. The average molecular weight is 579 g/mol. The fraction of sp³-hybridized carbons (Fsp3) is 0.231. The molecule has 200 valence electrons. The topological polar surface area (TPSA) is 120 Å². The number of nitrogens with one attached hydrogen (secondary N) is 2. The zero-order valence-electron chi connectivity index (χ0n) is 20.7. The van der Waals surface area contributed by atoms with Gasteiger partial charge in [0.2, 0.25) is 0 Å². The van der Waals surface area contributed by atoms with Gasteiger partial charge in [0.05, 0.1) is 39.9 Å². The summed E-state index contributed by atoms with van der Waals surface area (Å²) in [5.74, 6) is -2.22. The molecule has 0 spiro atoms. The third-order valence-corrected chi connectivity index (χ3v) is 6.75. The van der Waals surface area contributed by atoms with Crippen LogP contribution in [0.1, 0.15) is 49.8 Å². The molecule has 0 aliphatic rings. The molecule has 38 heavy (non-hydrogen) atoms. The van der Waals surface area contributed by atoms with E-state index in [-0.39, 0.29) is 50.7 Å². The van der Waals surface area contributed by atoms with Crippen LogP contribution in [0.4, 0.5) is 10.7 Å². The Balaban J connectivity index is 1.85. The highest BCUT2D eigenvalue weighted by atomic mass is 35.5. The van der Waals surface area contributed by atoms with E-state index in [1.807, 2.05) is 0 Å². The van der Waals surface area contributed by atoms with Crippen LogP contribution in [0.2, 0.25) is 10.0 Å². The Morgan fingerprint density at radius 3 is 2.29 bits per heavy atom. The number of thiophene rings is 1. The van der Waals surface area contributed by atoms with Crippen molar-refractivity contribution in [3.8, 4) is 5.75 Å². The first kappa shape index (κ1) is 29.0. The highest BCUT2D eigenvalue weighted by molar-refractivity contribution is 7.19. The van der Waals surface area contributed by atoms with Gasteiger partial charge in [-0.2, -0.15) is 0 Å². The number of carbonyl (C=O) groups is 4. The maximum atomic E-state index is 13.2. The minimum atomic E-state index is -0.704. The maximum Gasteiger partial charge on any atom is 0.341 e. The smallest absolute Gasteiger partial charge is 0.341 e. The van der Waals surface area contributed by atoms with Crippen LogP contribution < -0.4 is 15.4 Å². The van der Waals surface area contributed by atoms with Crippen LogP contribution in [-0.2, 0) is 14.3 Å². The third kappa shape index (κ3) is 7.03. The van der Waals surface area contributed by atoms with Crippen LogP contribution in [0.25, 0.3) is 0 Å². The number of anilines is 2. The Morgan fingerprint density at radius 2 is 1.61 bits per heavy atom. The SMILES string of the molecule is CCOC(=O)c1ccccc1NC(=O)c1sc(NC(=O)COc2ccc(Cl)cc2Cl)c(C(=O)OCC)c1C. The molecule has 0 unspecified atom stereocenters. The van der Waals surface area contributed by atoms with Crippen molar-refractivity contribution in [2.24, 2.45) is 0 Å². The molecule has 0 bridgehead atoms. The fourth-order valence-electron chi connectivity index (χ4n) is 3.32. The minimum absolute atomic E-state index is 0.0403. The summed E-state index contributed by atoms with van der Waals surface area (Å²) in [7, 11) is 0. The Labute approximate surface area is 233 Å². The summed E-state index contributed by atoms with van der Waals surface area (Å²) < 4.78 is 15.6. The Bertz CT molecular complexity index is 1370. The van der Waals surface area contributed by atoms with Gasteiger partial charge in [0.25, 0.3) is 11.8 Å². The van der Waals surface area contributed by atoms with Crippen LogP contribution in [0.5, 0.6) is 5.75 Å². The number of halogens is 2. The second-order valence-corrected chi connectivity index (χ2v) is 9.48. The predicted molar refractivity (Wildman–Crippen MR) is 146 cm³/mol. The highest BCUT2D eigenvalue weighted by Crippen LogP contribution is 2.35. The molecule has 1 heterocycles. The van der Waals surface area contributed by atoms with Crippen molar-refractivity contribution in [3.63, 3.8) is 0 Å². The number of benzene rings is 2. The first-order chi connectivity index (χ1) is 18.2. The van der Waals surface area contributed by atoms with Gasteiger partial charge in [-0.15, -0.1) is 11.3 Å². The average Bonchev–Trinajstić information content (AvgIpc) is 3.19. The van der Waals surface area contributed by atoms with E-state index in [4.69, 9.17) is 37.4 Å². The van der Waals surface area contributed by atoms with Crippen LogP contribution in [0, 0.1) is 6.92 Å². The van der Waals surface area contributed by atoms with Crippen molar-refractivity contribution in [2.45, 2.75) is 20.8 Å². The predicted octanol–water partition coefficient (Wildman–Crippen LogP) is 5.99. The van der Waals surface area contributed by atoms with Gasteiger partial charge in [0, 0.05) is 5.02 Å². The van der Waals surface area contributed by atoms with E-state index >= 15 is 0 Å². The lowest BCUT2D eigenvalue weighted by Crippen LogP contribution is -2.21. The summed E-state index contributed by atoms with van der Waals surface area (Å²) in [5.41, 5.74) is 0.754. The Hall–Kier alpha value is -3.60. The molecule has 2 aromatic carbocycles. The van der Waals surface area contributed by atoms with Crippen molar-refractivity contribution in [3.05, 3.63) is 74.1 Å². The minimum Gasteiger partial charge on any atom is -0.482 e. The van der Waals surface area contributed by atoms with Crippen molar-refractivity contribution < 1.29 is 33.4 Å². The zero-order valence-corrected chi connectivity index (χ0v) is 23.0. The second kappa shape index (κ2) is 13.3. The van der Waals surface area contributed by atoms with Gasteiger partial charge in [-0.1, -0.05) is 35.3 Å². The first-order valence-electron chi connectivity index (χ1n) is 11.4. The molecule has 0 saturated carbocycles. The number of amides is 2. The van der Waals surface area contributed by atoms with Gasteiger partial charge in [0.15, 0.2) is 6.61 Å². The normalized spacial score (nSPS) is 10.4. The van der Waals surface area contributed by atoms with Crippen molar-refractivity contribution in [1.82, 2.24) is 0 Å². The summed E-state index contributed by atoms with van der Waals surface area (Å²) in [6.07, 6.45) is 0. The number of para-hydroxylation sites is 1. The standard InChI is InChI=1S/C26H24Cl2N2O7S/c1-4-35-25(33)16-8-6-7-9-18(16)29-23(32)22-14(3)21(26(34)36-5-2)24(38-22)30-20(31)13-37-19-11-10-15(27)12-17(19)28/h6-12H,4-5,13H2,1-3H3,(H,29,32)(H,30,31). The molecule has 2 amide bonds. The maximum absolute atomic E-state index is 13.2. The summed E-state index contributed by atoms with van der Waals surface area (Å²) in [4.78, 5) is 51.0. The number of hydrogen-bond donors (Lipinski definition) is 2. The first-order valence-corrected chi connectivity index (χ1v) is 13.0. The lowest BCUT2D eigenvalue weighted by Gasteiger charge is -2.10. The molecule has 0 radical (unpaired) electrons. The van der Waals surface area contributed by atoms with Gasteiger partial charge >= 0.3 is 11.9 Å². The molecule has 3 rings (SSSR count). The van der Waals surface area contributed by atoms with E-state index in [0.29, 0.717) is 10.6 Å². The summed E-state index contributed by atoms with van der Waals surface area (Å²) in [5, 5.41) is 6.05. The second-order valence-electron chi connectivity index (χ2n) is 7.61. The van der Waals surface area contributed by atoms with E-state index < -0.39 is 30.4 Å². The lowest BCUT2D eigenvalue weighted by molar-refractivity contribution is -0.118. The monoisotopic (exact) mass is 578 g/mol. The van der Waals surface area contributed by atoms with Gasteiger partial charge in [-0.05, 0) is 56.7 Å². The Kier molecular flexibility index (Phi) is 10.1. The summed E-state index contributed by atoms with van der Waals surface area (Å²) >= 11 is 12.8. The third-order valence-electron chi connectivity index (χ3n) is 5.01. The van der Waals surface area contributed by atoms with E-state index in [0.717, 1.165) is 11.3 Å². The summed E-state index contributed by atoms with van der Waals surface area (Å²) in [6, 6.07) is 10.9. The van der Waals surface area contributed by atoms with Crippen LogP contribution in [-0.4, -0.2) is 43.6 Å². The van der Waals surface area contributed by atoms with Crippen molar-refractivity contribution in [1.29, 1.82) is 0 Å². The fourth-order valence-corrected chi connectivity index (χ4v) is 4.89. The van der Waals surface area contributed by atoms with Gasteiger partial charge in [0.1, 0.15) is 10.8 Å². The Morgan fingerprint density at radius 1 is 0.921 bits per heavy atom. The molecule has 1 aromatic heterocycles. The van der Waals surface area contributed by atoms with Gasteiger partial charge < -0.3 is 24.8 Å². The van der Waals surface area contributed by atoms with E-state index in [9.17, 15) is 19.2 Å². The molecule has 12 heteroatoms. The number of esters is 2. The van der Waals surface area contributed by atoms with Gasteiger partial charge in [-0.3, -0.25) is 9.59 Å². The van der Waals surface area contributed by atoms with Crippen molar-refractivity contribution in [2.75, 3.05) is 30.5 Å². The number of carbonyl (C=O) groups excluding carboxylic acids is 4. The molecule has 0 aliphatic carbocycles. The number of rotatable bonds is 10. The van der Waals surface area contributed by atoms with Crippen LogP contribution in [0.15, 0.2) is 42.5 Å². The quantitative estimate of drug-likeness (QED) is 0.283. The molecular formula is C26H24Cl2N2O7S. The van der Waals surface area contributed by atoms with Gasteiger partial charge in [-0.25, -0.2) is 9.59 Å². The lowest BCUT2D eigenvalue weighted by atomic mass is 10.1. The molecule has 0 atom stereocenters. The van der Waals surface area contributed by atoms with E-state index in [1.54, 1.807) is 45.0 Å². The largest absolute Gasteiger partial charge is 0.482 e. The molecule has 3 aromatic rings. The molecule has 9 nitrogen and oxygen atoms in total. The van der Waals surface area contributed by atoms with Crippen molar-refractivity contribution >= 4 is 69.0 Å². The van der Waals surface area contributed by atoms with E-state index in [1.165, 1.54) is 18.2 Å². The van der Waals surface area contributed by atoms with Crippen LogP contribution >= 0.6 is 34.5 Å². The zero-order chi connectivity index (χ0) is 27.8. The molecule has 0 saturated heterocycles. The van der Waals surface area contributed by atoms with Crippen LogP contribution in [0.3, 0.4) is 0 Å². The molecule has 0 aliphatic heterocycles. The number of hydrogen-bond acceptors (Lipinski definition) is 8. The molecular weight excluding hydrogens is 555 g/mol. The van der Waals surface area contributed by atoms with E-state index in [2.05, 4.69) is 10.6 Å². The number of ether oxygens (including phenoxy) is 3. The molecule has 0 fully saturated rings. The highest BCUT2D eigenvalue weighted by Gasteiger charge is 2.27. The molecule has 2 N–H and O–H groups in total.